The van der Waals surface area contributed by atoms with Gasteiger partial charge in [0, 0.05) is 43.4 Å². The Balaban J connectivity index is 1.18. The summed E-state index contributed by atoms with van der Waals surface area (Å²) in [6.45, 7) is 0. The van der Waals surface area contributed by atoms with Crippen LogP contribution in [0, 0.1) is 0 Å². The monoisotopic (exact) mass is 736 g/mol. The molecule has 4 heteroatoms. The van der Waals surface area contributed by atoms with Gasteiger partial charge in [-0.15, -0.1) is 0 Å². The Morgan fingerprint density at radius 3 is 1.71 bits per heavy atom. The topological polar surface area (TPSA) is 35.1 Å². The molecule has 0 aliphatic rings. The zero-order valence-electron chi connectivity index (χ0n) is 31.3. The minimum Gasteiger partial charge on any atom is -0.308 e. The standard InChI is InChI=1S/C54H32N4/c1-3-14-33(15-4-1)34-28-30-35(31-29-34)43-32-37-18-7-8-19-38(37)51-52(43)55-50(36-16-5-2-6-17-36)54(56-51)58-45-25-12-21-40-42-23-11-22-41-39-20-9-10-24-44(39)57(53(41)42)46-26-13-27-47(58)49(46)48(40)45/h1-32H. The Morgan fingerprint density at radius 2 is 0.897 bits per heavy atom. The van der Waals surface area contributed by atoms with Crippen molar-refractivity contribution in [2.45, 2.75) is 0 Å². The molecular formula is C54H32N4. The number of nitrogens with zero attached hydrogens (tertiary/aromatic N) is 4. The Kier molecular flexibility index (Phi) is 6.41. The van der Waals surface area contributed by atoms with E-state index in [0.29, 0.717) is 0 Å². The molecule has 0 aliphatic carbocycles. The van der Waals surface area contributed by atoms with E-state index in [2.05, 4.69) is 203 Å². The number of hydrogen-bond donors (Lipinski definition) is 0. The van der Waals surface area contributed by atoms with E-state index < -0.39 is 0 Å². The number of benzene rings is 9. The fraction of sp³-hybridized carbons (Fsp3) is 0. The van der Waals surface area contributed by atoms with Crippen molar-refractivity contribution in [1.29, 1.82) is 0 Å². The highest BCUT2D eigenvalue weighted by molar-refractivity contribution is 6.31. The molecule has 0 atom stereocenters. The van der Waals surface area contributed by atoms with Gasteiger partial charge in [-0.2, -0.15) is 0 Å². The zero-order valence-corrected chi connectivity index (χ0v) is 31.3. The Morgan fingerprint density at radius 1 is 0.345 bits per heavy atom. The smallest absolute Gasteiger partial charge is 0.165 e. The van der Waals surface area contributed by atoms with E-state index in [9.17, 15) is 0 Å². The molecule has 268 valence electrons. The molecule has 13 rings (SSSR count). The second kappa shape index (κ2) is 11.8. The minimum atomic E-state index is 0.811. The van der Waals surface area contributed by atoms with Crippen molar-refractivity contribution in [3.05, 3.63) is 194 Å². The highest BCUT2D eigenvalue weighted by Crippen LogP contribution is 2.45. The van der Waals surface area contributed by atoms with Gasteiger partial charge in [-0.1, -0.05) is 164 Å². The summed E-state index contributed by atoms with van der Waals surface area (Å²) in [6, 6.07) is 69.9. The Bertz CT molecular complexity index is 3770. The van der Waals surface area contributed by atoms with Crippen LogP contribution in [0.25, 0.3) is 121 Å². The van der Waals surface area contributed by atoms with Crippen molar-refractivity contribution in [2.24, 2.45) is 0 Å². The van der Waals surface area contributed by atoms with Crippen LogP contribution < -0.4 is 0 Å². The first-order valence-corrected chi connectivity index (χ1v) is 19.8. The van der Waals surface area contributed by atoms with Crippen molar-refractivity contribution in [3.8, 4) is 39.3 Å². The van der Waals surface area contributed by atoms with E-state index in [1.807, 2.05) is 0 Å². The lowest BCUT2D eigenvalue weighted by Crippen LogP contribution is -2.05. The largest absolute Gasteiger partial charge is 0.308 e. The summed E-state index contributed by atoms with van der Waals surface area (Å²) in [5, 5.41) is 9.63. The van der Waals surface area contributed by atoms with Gasteiger partial charge in [0.1, 0.15) is 5.69 Å². The predicted octanol–water partition coefficient (Wildman–Crippen LogP) is 14.0. The molecule has 0 radical (unpaired) electrons. The minimum absolute atomic E-state index is 0.811. The van der Waals surface area contributed by atoms with Crippen LogP contribution in [0.3, 0.4) is 0 Å². The van der Waals surface area contributed by atoms with Crippen molar-refractivity contribution in [1.82, 2.24) is 18.9 Å². The summed E-state index contributed by atoms with van der Waals surface area (Å²) in [5.41, 5.74) is 14.0. The summed E-state index contributed by atoms with van der Waals surface area (Å²) in [7, 11) is 0. The quantitative estimate of drug-likeness (QED) is 0.169. The second-order valence-electron chi connectivity index (χ2n) is 15.3. The average molecular weight is 737 g/mol. The fourth-order valence-corrected chi connectivity index (χ4v) is 9.72. The Hall–Kier alpha value is -7.82. The van der Waals surface area contributed by atoms with Gasteiger partial charge in [0.25, 0.3) is 0 Å². The lowest BCUT2D eigenvalue weighted by Gasteiger charge is -2.17. The molecule has 13 aromatic rings. The average Bonchev–Trinajstić information content (AvgIpc) is 3.78. The highest BCUT2D eigenvalue weighted by Gasteiger charge is 2.25. The van der Waals surface area contributed by atoms with Gasteiger partial charge in [-0.05, 0) is 57.8 Å². The maximum absolute atomic E-state index is 5.79. The molecule has 0 fully saturated rings. The van der Waals surface area contributed by atoms with Crippen LogP contribution in [0.2, 0.25) is 0 Å². The number of para-hydroxylation sites is 2. The molecule has 4 nitrogen and oxygen atoms in total. The maximum atomic E-state index is 5.79. The number of hydrogen-bond acceptors (Lipinski definition) is 2. The molecule has 9 aromatic carbocycles. The van der Waals surface area contributed by atoms with Gasteiger partial charge in [-0.25, -0.2) is 9.97 Å². The van der Waals surface area contributed by atoms with Crippen molar-refractivity contribution in [2.75, 3.05) is 0 Å². The molecule has 0 aliphatic heterocycles. The van der Waals surface area contributed by atoms with Crippen LogP contribution in [-0.2, 0) is 0 Å². The van der Waals surface area contributed by atoms with Gasteiger partial charge in [0.05, 0.1) is 38.6 Å². The molecule has 0 amide bonds. The number of fused-ring (bicyclic) bond motifs is 8. The summed E-state index contributed by atoms with van der Waals surface area (Å²) >= 11 is 0. The van der Waals surface area contributed by atoms with E-state index in [1.54, 1.807) is 0 Å². The molecule has 0 unspecified atom stereocenters. The summed E-state index contributed by atoms with van der Waals surface area (Å²) < 4.78 is 4.86. The molecule has 58 heavy (non-hydrogen) atoms. The van der Waals surface area contributed by atoms with E-state index in [0.717, 1.165) is 61.0 Å². The van der Waals surface area contributed by atoms with Crippen molar-refractivity contribution in [3.63, 3.8) is 0 Å². The van der Waals surface area contributed by atoms with E-state index in [-0.39, 0.29) is 0 Å². The Labute approximate surface area is 332 Å². The first kappa shape index (κ1) is 31.4. The lowest BCUT2D eigenvalue weighted by molar-refractivity contribution is 1.08. The number of aromatic nitrogens is 4. The van der Waals surface area contributed by atoms with Crippen LogP contribution in [0.5, 0.6) is 0 Å². The van der Waals surface area contributed by atoms with E-state index in [1.165, 1.54) is 60.0 Å². The van der Waals surface area contributed by atoms with Crippen LogP contribution in [0.1, 0.15) is 0 Å². The normalized spacial score (nSPS) is 12.1. The van der Waals surface area contributed by atoms with E-state index >= 15 is 0 Å². The summed E-state index contributed by atoms with van der Waals surface area (Å²) in [6.07, 6.45) is 0. The first-order valence-electron chi connectivity index (χ1n) is 19.8. The molecule has 0 bridgehead atoms. The van der Waals surface area contributed by atoms with Gasteiger partial charge >= 0.3 is 0 Å². The van der Waals surface area contributed by atoms with Crippen LogP contribution in [-0.4, -0.2) is 18.9 Å². The van der Waals surface area contributed by atoms with Gasteiger partial charge < -0.3 is 4.40 Å². The SMILES string of the molecule is c1ccc(-c2ccc(-c3cc4ccccc4c4nc(-n5c6cccc7c8cccc9c%10ccccc%10n(c%10cccc5c%10c76)c89)c(-c5ccccc5)nc34)cc2)cc1. The highest BCUT2D eigenvalue weighted by atomic mass is 15.1. The lowest BCUT2D eigenvalue weighted by atomic mass is 9.96. The van der Waals surface area contributed by atoms with Crippen LogP contribution in [0.15, 0.2) is 194 Å². The molecule has 4 aromatic heterocycles. The third-order valence-electron chi connectivity index (χ3n) is 12.2. The molecular weight excluding hydrogens is 705 g/mol. The van der Waals surface area contributed by atoms with Gasteiger partial charge in [0.2, 0.25) is 0 Å². The third kappa shape index (κ3) is 4.29. The third-order valence-corrected chi connectivity index (χ3v) is 12.2. The second-order valence-corrected chi connectivity index (χ2v) is 15.3. The maximum Gasteiger partial charge on any atom is 0.165 e. The molecule has 0 saturated heterocycles. The molecule has 0 N–H and O–H groups in total. The zero-order chi connectivity index (χ0) is 37.9. The van der Waals surface area contributed by atoms with Gasteiger partial charge in [0.15, 0.2) is 5.82 Å². The number of rotatable bonds is 4. The molecule has 4 heterocycles. The summed E-state index contributed by atoms with van der Waals surface area (Å²) in [4.78, 5) is 11.5. The predicted molar refractivity (Wildman–Crippen MR) is 242 cm³/mol. The van der Waals surface area contributed by atoms with Gasteiger partial charge in [-0.3, -0.25) is 4.57 Å². The first-order chi connectivity index (χ1) is 28.8. The summed E-state index contributed by atoms with van der Waals surface area (Å²) in [5.74, 6) is 0.811. The van der Waals surface area contributed by atoms with Crippen molar-refractivity contribution < 1.29 is 0 Å². The van der Waals surface area contributed by atoms with Crippen LogP contribution >= 0.6 is 0 Å². The molecule has 0 spiro atoms. The molecule has 0 saturated carbocycles. The van der Waals surface area contributed by atoms with E-state index in [4.69, 9.17) is 9.97 Å². The van der Waals surface area contributed by atoms with Crippen molar-refractivity contribution >= 4 is 81.7 Å². The van der Waals surface area contributed by atoms with Crippen LogP contribution in [0.4, 0.5) is 0 Å². The fourth-order valence-electron chi connectivity index (χ4n) is 9.72.